The Morgan fingerprint density at radius 1 is 1.33 bits per heavy atom. The second-order valence-corrected chi connectivity index (χ2v) is 5.13. The van der Waals surface area contributed by atoms with Gasteiger partial charge in [0.1, 0.15) is 11.5 Å². The summed E-state index contributed by atoms with van der Waals surface area (Å²) in [6, 6.07) is 1.87. The summed E-state index contributed by atoms with van der Waals surface area (Å²) in [5, 5.41) is 17.7. The number of rotatable bonds is 7. The number of aliphatic hydroxyl groups is 1. The Morgan fingerprint density at radius 3 is 2.71 bits per heavy atom. The average Bonchev–Trinajstić information content (AvgIpc) is 2.95. The summed E-state index contributed by atoms with van der Waals surface area (Å²) in [6.45, 7) is 4.96. The van der Waals surface area contributed by atoms with Crippen LogP contribution in [-0.4, -0.2) is 53.6 Å². The lowest BCUT2D eigenvalue weighted by Gasteiger charge is -2.18. The van der Waals surface area contributed by atoms with E-state index in [-0.39, 0.29) is 0 Å². The van der Waals surface area contributed by atoms with Gasteiger partial charge in [0.2, 0.25) is 5.89 Å². The summed E-state index contributed by atoms with van der Waals surface area (Å²) in [4.78, 5) is 1.90. The van der Waals surface area contributed by atoms with Crippen LogP contribution in [-0.2, 0) is 11.3 Å². The molecule has 7 heteroatoms. The molecule has 21 heavy (non-hydrogen) atoms. The van der Waals surface area contributed by atoms with Crippen molar-refractivity contribution < 1.29 is 18.7 Å². The zero-order valence-corrected chi connectivity index (χ0v) is 12.8. The van der Waals surface area contributed by atoms with Crippen molar-refractivity contribution in [3.8, 4) is 11.5 Å². The van der Waals surface area contributed by atoms with E-state index in [2.05, 4.69) is 10.2 Å². The molecule has 116 valence electrons. The number of likely N-dealkylation sites (N-methyl/N-ethyl adjacent to an activating group) is 1. The van der Waals surface area contributed by atoms with E-state index < -0.39 is 6.10 Å². The summed E-state index contributed by atoms with van der Waals surface area (Å²) < 4.78 is 16.0. The van der Waals surface area contributed by atoms with E-state index in [1.807, 2.05) is 31.9 Å². The molecule has 2 aromatic rings. The molecule has 0 aromatic carbocycles. The van der Waals surface area contributed by atoms with Crippen LogP contribution in [0, 0.1) is 13.8 Å². The molecule has 2 aromatic heterocycles. The summed E-state index contributed by atoms with van der Waals surface area (Å²) in [6.07, 6.45) is -0.541. The molecule has 0 aliphatic heterocycles. The Labute approximate surface area is 123 Å². The van der Waals surface area contributed by atoms with Gasteiger partial charge in [-0.2, -0.15) is 0 Å². The normalized spacial score (nSPS) is 13.0. The van der Waals surface area contributed by atoms with E-state index in [1.165, 1.54) is 0 Å². The van der Waals surface area contributed by atoms with Gasteiger partial charge >= 0.3 is 0 Å². The SMILES string of the molecule is COCC(O)CN(C)Cc1nnc(-c2cc(C)oc2C)o1. The fraction of sp³-hybridized carbons (Fsp3) is 0.571. The van der Waals surface area contributed by atoms with E-state index in [9.17, 15) is 5.11 Å². The molecule has 0 aliphatic carbocycles. The zero-order valence-electron chi connectivity index (χ0n) is 12.8. The second-order valence-electron chi connectivity index (χ2n) is 5.13. The number of hydrogen-bond acceptors (Lipinski definition) is 7. The number of aromatic nitrogens is 2. The first-order valence-electron chi connectivity index (χ1n) is 6.75. The number of ether oxygens (including phenoxy) is 1. The summed E-state index contributed by atoms with van der Waals surface area (Å²) >= 11 is 0. The monoisotopic (exact) mass is 295 g/mol. The number of aliphatic hydroxyl groups excluding tert-OH is 1. The molecule has 0 radical (unpaired) electrons. The molecule has 0 bridgehead atoms. The third kappa shape index (κ3) is 4.13. The molecule has 2 rings (SSSR count). The Morgan fingerprint density at radius 2 is 2.10 bits per heavy atom. The predicted octanol–water partition coefficient (Wildman–Crippen LogP) is 1.39. The van der Waals surface area contributed by atoms with Crippen molar-refractivity contribution in [1.29, 1.82) is 0 Å². The second kappa shape index (κ2) is 6.84. The number of hydrogen-bond donors (Lipinski definition) is 1. The maximum absolute atomic E-state index is 9.67. The van der Waals surface area contributed by atoms with Crippen molar-refractivity contribution in [2.75, 3.05) is 27.3 Å². The van der Waals surface area contributed by atoms with Crippen LogP contribution >= 0.6 is 0 Å². The molecule has 1 atom stereocenters. The Hall–Kier alpha value is -1.70. The highest BCUT2D eigenvalue weighted by molar-refractivity contribution is 5.55. The quantitative estimate of drug-likeness (QED) is 0.826. The highest BCUT2D eigenvalue weighted by atomic mass is 16.5. The van der Waals surface area contributed by atoms with Crippen LogP contribution < -0.4 is 0 Å². The lowest BCUT2D eigenvalue weighted by atomic mass is 10.2. The maximum Gasteiger partial charge on any atom is 0.251 e. The van der Waals surface area contributed by atoms with E-state index in [4.69, 9.17) is 13.6 Å². The van der Waals surface area contributed by atoms with Gasteiger partial charge in [-0.1, -0.05) is 0 Å². The average molecular weight is 295 g/mol. The van der Waals surface area contributed by atoms with E-state index in [0.29, 0.717) is 31.5 Å². The highest BCUT2D eigenvalue weighted by Crippen LogP contribution is 2.25. The molecule has 0 saturated heterocycles. The predicted molar refractivity (Wildman–Crippen MR) is 75.7 cm³/mol. The van der Waals surface area contributed by atoms with Crippen LogP contribution in [0.15, 0.2) is 14.9 Å². The Balaban J connectivity index is 1.98. The van der Waals surface area contributed by atoms with Crippen molar-refractivity contribution in [3.63, 3.8) is 0 Å². The molecule has 0 fully saturated rings. The van der Waals surface area contributed by atoms with E-state index in [1.54, 1.807) is 7.11 Å². The Bertz CT molecular complexity index is 579. The fourth-order valence-electron chi connectivity index (χ4n) is 2.17. The minimum Gasteiger partial charge on any atom is -0.466 e. The van der Waals surface area contributed by atoms with Gasteiger partial charge in [0.05, 0.1) is 24.8 Å². The molecule has 0 spiro atoms. The van der Waals surface area contributed by atoms with Gasteiger partial charge in [0, 0.05) is 13.7 Å². The van der Waals surface area contributed by atoms with Crippen molar-refractivity contribution in [2.24, 2.45) is 0 Å². The summed E-state index contributed by atoms with van der Waals surface area (Å²) in [5.41, 5.74) is 0.813. The Kier molecular flexibility index (Phi) is 5.11. The van der Waals surface area contributed by atoms with Gasteiger partial charge in [0.15, 0.2) is 0 Å². The van der Waals surface area contributed by atoms with Crippen molar-refractivity contribution >= 4 is 0 Å². The van der Waals surface area contributed by atoms with Gasteiger partial charge in [-0.3, -0.25) is 4.90 Å². The summed E-state index contributed by atoms with van der Waals surface area (Å²) in [5.74, 6) is 2.51. The highest BCUT2D eigenvalue weighted by Gasteiger charge is 2.16. The first-order chi connectivity index (χ1) is 9.99. The van der Waals surface area contributed by atoms with Crippen LogP contribution in [0.1, 0.15) is 17.4 Å². The van der Waals surface area contributed by atoms with Crippen LogP contribution in [0.4, 0.5) is 0 Å². The van der Waals surface area contributed by atoms with Gasteiger partial charge in [0.25, 0.3) is 5.89 Å². The van der Waals surface area contributed by atoms with E-state index in [0.717, 1.165) is 17.1 Å². The van der Waals surface area contributed by atoms with Gasteiger partial charge < -0.3 is 18.7 Å². The van der Waals surface area contributed by atoms with Gasteiger partial charge in [-0.15, -0.1) is 10.2 Å². The number of nitrogens with zero attached hydrogens (tertiary/aromatic N) is 3. The van der Waals surface area contributed by atoms with Crippen LogP contribution in [0.3, 0.4) is 0 Å². The smallest absolute Gasteiger partial charge is 0.251 e. The van der Waals surface area contributed by atoms with Gasteiger partial charge in [-0.05, 0) is 27.0 Å². The van der Waals surface area contributed by atoms with Crippen molar-refractivity contribution in [1.82, 2.24) is 15.1 Å². The zero-order chi connectivity index (χ0) is 15.4. The van der Waals surface area contributed by atoms with Crippen molar-refractivity contribution in [2.45, 2.75) is 26.5 Å². The largest absolute Gasteiger partial charge is 0.466 e. The third-order valence-corrected chi connectivity index (χ3v) is 3.02. The van der Waals surface area contributed by atoms with Gasteiger partial charge in [-0.25, -0.2) is 0 Å². The molecule has 0 aliphatic rings. The minimum atomic E-state index is -0.541. The van der Waals surface area contributed by atoms with Crippen LogP contribution in [0.2, 0.25) is 0 Å². The first-order valence-corrected chi connectivity index (χ1v) is 6.75. The topological polar surface area (TPSA) is 84.8 Å². The molecule has 0 saturated carbocycles. The molecular formula is C14H21N3O4. The molecule has 1 N–H and O–H groups in total. The first kappa shape index (κ1) is 15.7. The lowest BCUT2D eigenvalue weighted by molar-refractivity contribution is 0.0404. The molecule has 1 unspecified atom stereocenters. The number of aryl methyl sites for hydroxylation is 2. The number of methoxy groups -OCH3 is 1. The maximum atomic E-state index is 9.67. The molecule has 2 heterocycles. The lowest BCUT2D eigenvalue weighted by Crippen LogP contribution is -2.31. The van der Waals surface area contributed by atoms with E-state index >= 15 is 0 Å². The molecular weight excluding hydrogens is 274 g/mol. The molecule has 0 amide bonds. The van der Waals surface area contributed by atoms with Crippen LogP contribution in [0.5, 0.6) is 0 Å². The fourth-order valence-corrected chi connectivity index (χ4v) is 2.17. The number of furan rings is 1. The molecule has 7 nitrogen and oxygen atoms in total. The van der Waals surface area contributed by atoms with Crippen LogP contribution in [0.25, 0.3) is 11.5 Å². The summed E-state index contributed by atoms with van der Waals surface area (Å²) in [7, 11) is 3.43. The third-order valence-electron chi connectivity index (χ3n) is 3.02. The standard InChI is InChI=1S/C14H21N3O4/c1-9-5-12(10(2)20-9)14-16-15-13(21-14)7-17(3)6-11(18)8-19-4/h5,11,18H,6-8H2,1-4H3. The van der Waals surface area contributed by atoms with Crippen molar-refractivity contribution in [3.05, 3.63) is 23.5 Å². The minimum absolute atomic E-state index is 0.299.